The van der Waals surface area contributed by atoms with E-state index in [0.29, 0.717) is 5.92 Å². The van der Waals surface area contributed by atoms with E-state index in [-0.39, 0.29) is 5.25 Å². The molecule has 0 atom stereocenters. The van der Waals surface area contributed by atoms with E-state index < -0.39 is 10.0 Å². The maximum atomic E-state index is 12.4. The van der Waals surface area contributed by atoms with Gasteiger partial charge in [0.15, 0.2) is 0 Å². The third-order valence-electron chi connectivity index (χ3n) is 4.46. The van der Waals surface area contributed by atoms with Crippen LogP contribution in [0.5, 0.6) is 0 Å². The SMILES string of the molecule is CNCCC1CCN(S(=O)(=O)C2CCCC2)CC1. The summed E-state index contributed by atoms with van der Waals surface area (Å²) < 4.78 is 26.6. The molecule has 1 N–H and O–H groups in total. The second-order valence-electron chi connectivity index (χ2n) is 5.69. The molecular weight excluding hydrogens is 248 g/mol. The first kappa shape index (κ1) is 14.3. The van der Waals surface area contributed by atoms with Crippen LogP contribution in [0.25, 0.3) is 0 Å². The van der Waals surface area contributed by atoms with Crippen molar-refractivity contribution in [2.45, 2.75) is 50.2 Å². The Morgan fingerprint density at radius 1 is 1.11 bits per heavy atom. The Balaban J connectivity index is 1.85. The Bertz CT molecular complexity index is 342. The molecule has 2 fully saturated rings. The van der Waals surface area contributed by atoms with E-state index in [2.05, 4.69) is 5.32 Å². The van der Waals surface area contributed by atoms with Gasteiger partial charge >= 0.3 is 0 Å². The molecule has 1 aliphatic heterocycles. The van der Waals surface area contributed by atoms with Crippen molar-refractivity contribution in [1.82, 2.24) is 9.62 Å². The zero-order valence-electron chi connectivity index (χ0n) is 11.4. The highest BCUT2D eigenvalue weighted by Crippen LogP contribution is 2.30. The molecule has 0 bridgehead atoms. The molecule has 0 aromatic rings. The minimum atomic E-state index is -2.99. The predicted octanol–water partition coefficient (Wildman–Crippen LogP) is 1.58. The summed E-state index contributed by atoms with van der Waals surface area (Å²) in [5.74, 6) is 0.701. The molecule has 0 aromatic heterocycles. The van der Waals surface area contributed by atoms with Gasteiger partial charge in [-0.15, -0.1) is 0 Å². The van der Waals surface area contributed by atoms with Crippen molar-refractivity contribution in [1.29, 1.82) is 0 Å². The monoisotopic (exact) mass is 274 g/mol. The molecule has 2 aliphatic rings. The first-order valence-corrected chi connectivity index (χ1v) is 8.78. The summed E-state index contributed by atoms with van der Waals surface area (Å²) in [7, 11) is -1.02. The molecule has 106 valence electrons. The normalized spacial score (nSPS) is 24.7. The van der Waals surface area contributed by atoms with Crippen LogP contribution in [0.15, 0.2) is 0 Å². The third kappa shape index (κ3) is 3.25. The van der Waals surface area contributed by atoms with E-state index in [1.54, 1.807) is 4.31 Å². The second kappa shape index (κ2) is 6.35. The molecule has 1 saturated heterocycles. The fourth-order valence-corrected chi connectivity index (χ4v) is 5.27. The van der Waals surface area contributed by atoms with Gasteiger partial charge in [-0.3, -0.25) is 0 Å². The van der Waals surface area contributed by atoms with Crippen molar-refractivity contribution in [3.05, 3.63) is 0 Å². The molecule has 1 saturated carbocycles. The van der Waals surface area contributed by atoms with Crippen LogP contribution in [0.1, 0.15) is 44.9 Å². The largest absolute Gasteiger partial charge is 0.320 e. The quantitative estimate of drug-likeness (QED) is 0.828. The number of sulfonamides is 1. The second-order valence-corrected chi connectivity index (χ2v) is 7.90. The van der Waals surface area contributed by atoms with Crippen LogP contribution >= 0.6 is 0 Å². The summed E-state index contributed by atoms with van der Waals surface area (Å²) in [5.41, 5.74) is 0. The van der Waals surface area contributed by atoms with E-state index >= 15 is 0 Å². The van der Waals surface area contributed by atoms with Gasteiger partial charge < -0.3 is 5.32 Å². The summed E-state index contributed by atoms with van der Waals surface area (Å²) in [6.45, 7) is 2.53. The Morgan fingerprint density at radius 2 is 1.72 bits per heavy atom. The van der Waals surface area contributed by atoms with Crippen LogP contribution in [0.3, 0.4) is 0 Å². The smallest absolute Gasteiger partial charge is 0.216 e. The van der Waals surface area contributed by atoms with Crippen molar-refractivity contribution in [2.75, 3.05) is 26.7 Å². The van der Waals surface area contributed by atoms with Crippen molar-refractivity contribution in [3.8, 4) is 0 Å². The molecule has 0 radical (unpaired) electrons. The maximum absolute atomic E-state index is 12.4. The average Bonchev–Trinajstić information content (AvgIpc) is 2.91. The summed E-state index contributed by atoms with van der Waals surface area (Å²) in [6, 6.07) is 0. The first-order chi connectivity index (χ1) is 8.64. The van der Waals surface area contributed by atoms with Gasteiger partial charge in [-0.2, -0.15) is 0 Å². The molecule has 0 unspecified atom stereocenters. The van der Waals surface area contributed by atoms with Gasteiger partial charge in [0, 0.05) is 13.1 Å². The number of nitrogens with one attached hydrogen (secondary N) is 1. The minimum Gasteiger partial charge on any atom is -0.320 e. The van der Waals surface area contributed by atoms with Crippen LogP contribution in [0.4, 0.5) is 0 Å². The predicted molar refractivity (Wildman–Crippen MR) is 74.0 cm³/mol. The summed E-state index contributed by atoms with van der Waals surface area (Å²) in [6.07, 6.45) is 7.17. The lowest BCUT2D eigenvalue weighted by Crippen LogP contribution is -2.43. The van der Waals surface area contributed by atoms with Crippen LogP contribution in [-0.2, 0) is 10.0 Å². The van der Waals surface area contributed by atoms with Crippen LogP contribution in [-0.4, -0.2) is 44.7 Å². The van der Waals surface area contributed by atoms with E-state index in [1.165, 1.54) is 6.42 Å². The van der Waals surface area contributed by atoms with Gasteiger partial charge in [-0.25, -0.2) is 12.7 Å². The molecule has 18 heavy (non-hydrogen) atoms. The first-order valence-electron chi connectivity index (χ1n) is 7.28. The highest BCUT2D eigenvalue weighted by Gasteiger charge is 2.35. The lowest BCUT2D eigenvalue weighted by Gasteiger charge is -2.33. The zero-order chi connectivity index (χ0) is 13.0. The van der Waals surface area contributed by atoms with E-state index in [4.69, 9.17) is 0 Å². The lowest BCUT2D eigenvalue weighted by atomic mass is 9.95. The molecule has 2 rings (SSSR count). The topological polar surface area (TPSA) is 49.4 Å². The van der Waals surface area contributed by atoms with Crippen LogP contribution in [0, 0.1) is 5.92 Å². The Hall–Kier alpha value is -0.130. The number of piperidine rings is 1. The summed E-state index contributed by atoms with van der Waals surface area (Å²) in [4.78, 5) is 0. The third-order valence-corrected chi connectivity index (χ3v) is 6.86. The zero-order valence-corrected chi connectivity index (χ0v) is 12.2. The van der Waals surface area contributed by atoms with Crippen molar-refractivity contribution in [3.63, 3.8) is 0 Å². The highest BCUT2D eigenvalue weighted by molar-refractivity contribution is 7.89. The van der Waals surface area contributed by atoms with E-state index in [1.807, 2.05) is 7.05 Å². The van der Waals surface area contributed by atoms with Crippen LogP contribution in [0.2, 0.25) is 0 Å². The molecular formula is C13H26N2O2S. The summed E-state index contributed by atoms with van der Waals surface area (Å²) >= 11 is 0. The Labute approximate surface area is 111 Å². The molecule has 4 nitrogen and oxygen atoms in total. The Kier molecular flexibility index (Phi) is 5.04. The van der Waals surface area contributed by atoms with Crippen LogP contribution < -0.4 is 5.32 Å². The molecule has 1 aliphatic carbocycles. The van der Waals surface area contributed by atoms with E-state index in [0.717, 1.165) is 58.2 Å². The number of nitrogens with zero attached hydrogens (tertiary/aromatic N) is 1. The highest BCUT2D eigenvalue weighted by atomic mass is 32.2. The van der Waals surface area contributed by atoms with Gasteiger partial charge in [0.05, 0.1) is 5.25 Å². The van der Waals surface area contributed by atoms with Crippen molar-refractivity contribution in [2.24, 2.45) is 5.92 Å². The van der Waals surface area contributed by atoms with Gasteiger partial charge in [0.25, 0.3) is 0 Å². The molecule has 0 amide bonds. The van der Waals surface area contributed by atoms with Gasteiger partial charge in [-0.1, -0.05) is 12.8 Å². The molecule has 0 aromatic carbocycles. The fraction of sp³-hybridized carbons (Fsp3) is 1.00. The number of hydrogen-bond donors (Lipinski definition) is 1. The number of rotatable bonds is 5. The average molecular weight is 274 g/mol. The summed E-state index contributed by atoms with van der Waals surface area (Å²) in [5, 5.41) is 3.09. The van der Waals surface area contributed by atoms with Gasteiger partial charge in [0.1, 0.15) is 0 Å². The fourth-order valence-electron chi connectivity index (χ4n) is 3.20. The standard InChI is InChI=1S/C13H26N2O2S/c1-14-9-6-12-7-10-15(11-8-12)18(16,17)13-4-2-3-5-13/h12-14H,2-11H2,1H3. The van der Waals surface area contributed by atoms with E-state index in [9.17, 15) is 8.42 Å². The molecule has 1 heterocycles. The van der Waals surface area contributed by atoms with Crippen molar-refractivity contribution < 1.29 is 8.42 Å². The lowest BCUT2D eigenvalue weighted by molar-refractivity contribution is 0.261. The minimum absolute atomic E-state index is 0.0774. The van der Waals surface area contributed by atoms with Gasteiger partial charge in [0.2, 0.25) is 10.0 Å². The number of hydrogen-bond acceptors (Lipinski definition) is 3. The molecule has 5 heteroatoms. The maximum Gasteiger partial charge on any atom is 0.216 e. The van der Waals surface area contributed by atoms with Crippen molar-refractivity contribution >= 4 is 10.0 Å². The Morgan fingerprint density at radius 3 is 2.28 bits per heavy atom. The molecule has 0 spiro atoms. The van der Waals surface area contributed by atoms with Gasteiger partial charge in [-0.05, 0) is 51.6 Å².